The predicted molar refractivity (Wildman–Crippen MR) is 107 cm³/mol. The first-order chi connectivity index (χ1) is 12.2. The fourth-order valence-electron chi connectivity index (χ4n) is 2.77. The van der Waals surface area contributed by atoms with Gasteiger partial charge >= 0.3 is 0 Å². The number of anilines is 1. The molecule has 0 unspecified atom stereocenters. The van der Waals surface area contributed by atoms with Crippen molar-refractivity contribution in [3.05, 3.63) is 65.2 Å². The molecule has 2 rings (SSSR count). The van der Waals surface area contributed by atoms with Crippen LogP contribution in [0.4, 0.5) is 5.69 Å². The van der Waals surface area contributed by atoms with Crippen molar-refractivity contribution >= 4 is 17.5 Å². The van der Waals surface area contributed by atoms with E-state index in [2.05, 4.69) is 26.1 Å². The van der Waals surface area contributed by atoms with Crippen LogP contribution < -0.4 is 10.2 Å². The third-order valence-corrected chi connectivity index (χ3v) is 4.34. The van der Waals surface area contributed by atoms with Gasteiger partial charge in [-0.25, -0.2) is 0 Å². The Balaban J connectivity index is 2.00. The van der Waals surface area contributed by atoms with E-state index in [4.69, 9.17) is 0 Å². The number of rotatable bonds is 5. The Morgan fingerprint density at radius 3 is 2.23 bits per heavy atom. The molecule has 0 bridgehead atoms. The second-order valence-electron chi connectivity index (χ2n) is 7.49. The van der Waals surface area contributed by atoms with Crippen LogP contribution in [0.15, 0.2) is 48.5 Å². The molecule has 0 heterocycles. The Morgan fingerprint density at radius 2 is 1.69 bits per heavy atom. The van der Waals surface area contributed by atoms with Crippen LogP contribution in [-0.2, 0) is 10.2 Å². The number of likely N-dealkylation sites (N-methyl/N-ethyl adjacent to an activating group) is 1. The molecule has 0 radical (unpaired) electrons. The first-order valence-corrected chi connectivity index (χ1v) is 8.98. The first-order valence-electron chi connectivity index (χ1n) is 8.98. The largest absolute Gasteiger partial charge is 0.343 e. The van der Waals surface area contributed by atoms with Crippen LogP contribution in [-0.4, -0.2) is 24.9 Å². The van der Waals surface area contributed by atoms with E-state index >= 15 is 0 Å². The van der Waals surface area contributed by atoms with Crippen LogP contribution >= 0.6 is 0 Å². The smallest absolute Gasteiger partial charge is 0.251 e. The second-order valence-corrected chi connectivity index (χ2v) is 7.49. The number of nitrogens with one attached hydrogen (secondary N) is 1. The number of carbonyl (C=O) groups excluding carboxylic acids is 2. The highest BCUT2D eigenvalue weighted by Gasteiger charge is 2.17. The number of benzene rings is 2. The van der Waals surface area contributed by atoms with E-state index in [9.17, 15) is 9.59 Å². The van der Waals surface area contributed by atoms with Crippen LogP contribution in [0, 0.1) is 6.92 Å². The molecule has 0 aliphatic carbocycles. The maximum atomic E-state index is 12.5. The molecular formula is C22H28N2O2. The van der Waals surface area contributed by atoms with Crippen molar-refractivity contribution in [2.24, 2.45) is 0 Å². The van der Waals surface area contributed by atoms with Crippen LogP contribution in [0.3, 0.4) is 0 Å². The lowest BCUT2D eigenvalue weighted by atomic mass is 9.87. The summed E-state index contributed by atoms with van der Waals surface area (Å²) in [6.07, 6.45) is 0. The maximum Gasteiger partial charge on any atom is 0.251 e. The van der Waals surface area contributed by atoms with Gasteiger partial charge in [-0.3, -0.25) is 9.59 Å². The van der Waals surface area contributed by atoms with E-state index in [-0.39, 0.29) is 23.8 Å². The summed E-state index contributed by atoms with van der Waals surface area (Å²) in [6, 6.07) is 15.3. The summed E-state index contributed by atoms with van der Waals surface area (Å²) < 4.78 is 0. The molecule has 4 heteroatoms. The van der Waals surface area contributed by atoms with Gasteiger partial charge in [0, 0.05) is 17.8 Å². The van der Waals surface area contributed by atoms with Gasteiger partial charge in [0.2, 0.25) is 5.91 Å². The van der Waals surface area contributed by atoms with Crippen molar-refractivity contribution in [1.29, 1.82) is 0 Å². The van der Waals surface area contributed by atoms with Crippen LogP contribution in [0.5, 0.6) is 0 Å². The number of nitrogens with zero attached hydrogens (tertiary/aromatic N) is 1. The molecule has 0 fully saturated rings. The fraction of sp³-hybridized carbons (Fsp3) is 0.364. The Labute approximate surface area is 156 Å². The van der Waals surface area contributed by atoms with Crippen molar-refractivity contribution in [3.63, 3.8) is 0 Å². The van der Waals surface area contributed by atoms with Crippen molar-refractivity contribution in [1.82, 2.24) is 5.32 Å². The molecular weight excluding hydrogens is 324 g/mol. The number of hydrogen-bond donors (Lipinski definition) is 1. The molecule has 4 nitrogen and oxygen atoms in total. The molecule has 0 saturated heterocycles. The molecule has 2 aromatic carbocycles. The molecule has 0 aliphatic rings. The summed E-state index contributed by atoms with van der Waals surface area (Å²) >= 11 is 0. The van der Waals surface area contributed by atoms with Gasteiger partial charge in [0.1, 0.15) is 0 Å². The van der Waals surface area contributed by atoms with Gasteiger partial charge in [0.25, 0.3) is 5.91 Å². The molecule has 0 aromatic heterocycles. The standard InChI is InChI=1S/C22H28N2O2/c1-6-24(19-9-7-8-16(2)14-19)20(25)15-23-21(26)17-10-12-18(13-11-17)22(3,4)5/h7-14H,6,15H2,1-5H3,(H,23,26). The average molecular weight is 352 g/mol. The first kappa shape index (κ1) is 19.7. The molecule has 2 aromatic rings. The molecule has 0 atom stereocenters. The highest BCUT2D eigenvalue weighted by molar-refractivity contribution is 6.00. The van der Waals surface area contributed by atoms with Gasteiger partial charge in [-0.2, -0.15) is 0 Å². The third kappa shape index (κ3) is 4.94. The summed E-state index contributed by atoms with van der Waals surface area (Å²) in [6.45, 7) is 10.8. The van der Waals surface area contributed by atoms with Gasteiger partial charge in [-0.05, 0) is 54.7 Å². The van der Waals surface area contributed by atoms with Crippen molar-refractivity contribution in [2.75, 3.05) is 18.0 Å². The summed E-state index contributed by atoms with van der Waals surface area (Å²) in [5, 5.41) is 2.73. The summed E-state index contributed by atoms with van der Waals surface area (Å²) in [4.78, 5) is 26.5. The summed E-state index contributed by atoms with van der Waals surface area (Å²) in [5.41, 5.74) is 3.71. The second kappa shape index (κ2) is 8.17. The summed E-state index contributed by atoms with van der Waals surface area (Å²) in [5.74, 6) is -0.364. The minimum absolute atomic E-state index is 0.0262. The Bertz CT molecular complexity index is 773. The highest BCUT2D eigenvalue weighted by Crippen LogP contribution is 2.22. The van der Waals surface area contributed by atoms with Crippen molar-refractivity contribution in [3.8, 4) is 0 Å². The molecule has 0 saturated carbocycles. The van der Waals surface area contributed by atoms with Gasteiger partial charge in [0.05, 0.1) is 6.54 Å². The Kier molecular flexibility index (Phi) is 6.19. The third-order valence-electron chi connectivity index (χ3n) is 4.34. The van der Waals surface area contributed by atoms with E-state index in [1.807, 2.05) is 50.2 Å². The van der Waals surface area contributed by atoms with Gasteiger partial charge in [-0.15, -0.1) is 0 Å². The van der Waals surface area contributed by atoms with E-state index in [1.165, 1.54) is 5.56 Å². The molecule has 138 valence electrons. The van der Waals surface area contributed by atoms with Crippen molar-refractivity contribution < 1.29 is 9.59 Å². The Hall–Kier alpha value is -2.62. The van der Waals surface area contributed by atoms with Gasteiger partial charge in [0.15, 0.2) is 0 Å². The zero-order chi connectivity index (χ0) is 19.3. The lowest BCUT2D eigenvalue weighted by molar-refractivity contribution is -0.117. The number of amides is 2. The molecule has 2 amide bonds. The van der Waals surface area contributed by atoms with E-state index in [1.54, 1.807) is 17.0 Å². The normalized spacial score (nSPS) is 11.1. The minimum atomic E-state index is -0.237. The monoisotopic (exact) mass is 352 g/mol. The van der Waals surface area contributed by atoms with Gasteiger partial charge < -0.3 is 10.2 Å². The molecule has 1 N–H and O–H groups in total. The maximum absolute atomic E-state index is 12.5. The topological polar surface area (TPSA) is 49.4 Å². The zero-order valence-electron chi connectivity index (χ0n) is 16.3. The van der Waals surface area contributed by atoms with Crippen LogP contribution in [0.25, 0.3) is 0 Å². The number of carbonyl (C=O) groups is 2. The van der Waals surface area contributed by atoms with Crippen molar-refractivity contribution in [2.45, 2.75) is 40.0 Å². The molecule has 0 spiro atoms. The van der Waals surface area contributed by atoms with Gasteiger partial charge in [-0.1, -0.05) is 45.0 Å². The lowest BCUT2D eigenvalue weighted by Crippen LogP contribution is -2.40. The van der Waals surface area contributed by atoms with Crippen LogP contribution in [0.2, 0.25) is 0 Å². The quantitative estimate of drug-likeness (QED) is 0.882. The van der Waals surface area contributed by atoms with Crippen LogP contribution in [0.1, 0.15) is 49.2 Å². The van der Waals surface area contributed by atoms with E-state index in [0.29, 0.717) is 12.1 Å². The highest BCUT2D eigenvalue weighted by atomic mass is 16.2. The minimum Gasteiger partial charge on any atom is -0.343 e. The summed E-state index contributed by atoms with van der Waals surface area (Å²) in [7, 11) is 0. The van der Waals surface area contributed by atoms with E-state index in [0.717, 1.165) is 11.3 Å². The lowest BCUT2D eigenvalue weighted by Gasteiger charge is -2.22. The Morgan fingerprint density at radius 1 is 1.04 bits per heavy atom. The SMILES string of the molecule is CCN(C(=O)CNC(=O)c1ccc(C(C)(C)C)cc1)c1cccc(C)c1. The average Bonchev–Trinajstić information content (AvgIpc) is 2.60. The fourth-order valence-corrected chi connectivity index (χ4v) is 2.77. The number of aryl methyl sites for hydroxylation is 1. The zero-order valence-corrected chi connectivity index (χ0v) is 16.3. The predicted octanol–water partition coefficient (Wildman–Crippen LogP) is 4.08. The van der Waals surface area contributed by atoms with E-state index < -0.39 is 0 Å². The molecule has 26 heavy (non-hydrogen) atoms. The molecule has 0 aliphatic heterocycles. The number of hydrogen-bond acceptors (Lipinski definition) is 2.